The number of benzene rings is 1. The van der Waals surface area contributed by atoms with E-state index >= 15 is 0 Å². The van der Waals surface area contributed by atoms with Gasteiger partial charge in [-0.25, -0.2) is 9.18 Å². The van der Waals surface area contributed by atoms with Crippen LogP contribution in [0.15, 0.2) is 18.3 Å². The van der Waals surface area contributed by atoms with E-state index in [0.717, 1.165) is 0 Å². The second-order valence-electron chi connectivity index (χ2n) is 3.04. The van der Waals surface area contributed by atoms with Gasteiger partial charge < -0.3 is 5.11 Å². The Hall–Kier alpha value is -1.39. The topological polar surface area (TPSA) is 50.2 Å². The summed E-state index contributed by atoms with van der Waals surface area (Å²) in [5.41, 5.74) is 0.141. The van der Waals surface area contributed by atoms with E-state index in [9.17, 15) is 9.18 Å². The van der Waals surface area contributed by atoms with Crippen molar-refractivity contribution in [3.8, 4) is 0 Å². The van der Waals surface area contributed by atoms with Crippen molar-refractivity contribution in [1.82, 2.24) is 4.98 Å². The first kappa shape index (κ1) is 11.1. The van der Waals surface area contributed by atoms with Crippen LogP contribution in [-0.4, -0.2) is 16.1 Å². The highest BCUT2D eigenvalue weighted by molar-refractivity contribution is 6.39. The summed E-state index contributed by atoms with van der Waals surface area (Å²) in [7, 11) is 0. The predicted octanol–water partition coefficient (Wildman–Crippen LogP) is 3.38. The molecule has 0 amide bonds. The summed E-state index contributed by atoms with van der Waals surface area (Å²) in [6.45, 7) is 0. The first-order valence-corrected chi connectivity index (χ1v) is 4.93. The van der Waals surface area contributed by atoms with Crippen molar-refractivity contribution < 1.29 is 14.3 Å². The first-order valence-electron chi connectivity index (χ1n) is 4.18. The van der Waals surface area contributed by atoms with Crippen molar-refractivity contribution in [1.29, 1.82) is 0 Å². The number of hydrogen-bond donors (Lipinski definition) is 1. The third-order valence-electron chi connectivity index (χ3n) is 2.10. The van der Waals surface area contributed by atoms with Gasteiger partial charge in [-0.2, -0.15) is 0 Å². The molecule has 2 aromatic rings. The standard InChI is InChI=1S/C10H4Cl2FNO2/c11-5-3-6-7(8(12)9(5)13)4(10(15)16)1-2-14-6/h1-3H,(H,15,16). The van der Waals surface area contributed by atoms with E-state index < -0.39 is 11.8 Å². The Balaban J connectivity index is 2.97. The number of rotatable bonds is 1. The minimum atomic E-state index is -1.20. The fraction of sp³-hybridized carbons (Fsp3) is 0. The third-order valence-corrected chi connectivity index (χ3v) is 2.73. The monoisotopic (exact) mass is 259 g/mol. The molecule has 0 atom stereocenters. The van der Waals surface area contributed by atoms with Gasteiger partial charge in [-0.15, -0.1) is 0 Å². The van der Waals surface area contributed by atoms with E-state index in [-0.39, 0.29) is 26.5 Å². The van der Waals surface area contributed by atoms with Crippen LogP contribution in [0.2, 0.25) is 10.0 Å². The van der Waals surface area contributed by atoms with Crippen LogP contribution in [0.3, 0.4) is 0 Å². The van der Waals surface area contributed by atoms with Crippen LogP contribution >= 0.6 is 23.2 Å². The number of pyridine rings is 1. The van der Waals surface area contributed by atoms with Crippen LogP contribution in [0.25, 0.3) is 10.9 Å². The maximum Gasteiger partial charge on any atom is 0.336 e. The fourth-order valence-corrected chi connectivity index (χ4v) is 1.94. The summed E-state index contributed by atoms with van der Waals surface area (Å²) in [5.74, 6) is -2.04. The molecular formula is C10H4Cl2FNO2. The van der Waals surface area contributed by atoms with E-state index in [1.165, 1.54) is 18.3 Å². The highest BCUT2D eigenvalue weighted by Gasteiger charge is 2.17. The van der Waals surface area contributed by atoms with Gasteiger partial charge in [-0.05, 0) is 12.1 Å². The molecule has 0 unspecified atom stereocenters. The Morgan fingerprint density at radius 1 is 1.44 bits per heavy atom. The van der Waals surface area contributed by atoms with Gasteiger partial charge in [0.1, 0.15) is 0 Å². The SMILES string of the molecule is O=C(O)c1ccnc2cc(Cl)c(F)c(Cl)c12. The molecule has 1 aromatic heterocycles. The summed E-state index contributed by atoms with van der Waals surface area (Å²) in [6, 6.07) is 2.49. The van der Waals surface area contributed by atoms with Crippen LogP contribution in [0.4, 0.5) is 4.39 Å². The maximum absolute atomic E-state index is 13.4. The zero-order valence-corrected chi connectivity index (χ0v) is 9.18. The molecule has 0 saturated heterocycles. The molecule has 2 rings (SSSR count). The lowest BCUT2D eigenvalue weighted by atomic mass is 10.1. The lowest BCUT2D eigenvalue weighted by Crippen LogP contribution is -1.99. The Morgan fingerprint density at radius 3 is 2.75 bits per heavy atom. The molecule has 0 aliphatic heterocycles. The second kappa shape index (κ2) is 3.88. The van der Waals surface area contributed by atoms with E-state index in [2.05, 4.69) is 4.98 Å². The quantitative estimate of drug-likeness (QED) is 0.799. The molecule has 0 radical (unpaired) electrons. The average molecular weight is 260 g/mol. The summed E-state index contributed by atoms with van der Waals surface area (Å²) >= 11 is 11.3. The van der Waals surface area contributed by atoms with Crippen molar-refractivity contribution in [2.45, 2.75) is 0 Å². The molecule has 0 aliphatic rings. The van der Waals surface area contributed by atoms with Gasteiger partial charge in [0, 0.05) is 11.6 Å². The molecule has 3 nitrogen and oxygen atoms in total. The minimum Gasteiger partial charge on any atom is -0.478 e. The molecule has 1 heterocycles. The van der Waals surface area contributed by atoms with Crippen molar-refractivity contribution in [2.24, 2.45) is 0 Å². The summed E-state index contributed by atoms with van der Waals surface area (Å²) < 4.78 is 13.4. The molecule has 1 aromatic carbocycles. The zero-order chi connectivity index (χ0) is 11.9. The van der Waals surface area contributed by atoms with Crippen molar-refractivity contribution in [3.63, 3.8) is 0 Å². The van der Waals surface area contributed by atoms with E-state index in [0.29, 0.717) is 0 Å². The Morgan fingerprint density at radius 2 is 2.12 bits per heavy atom. The van der Waals surface area contributed by atoms with Gasteiger partial charge in [0.25, 0.3) is 0 Å². The number of carbonyl (C=O) groups is 1. The van der Waals surface area contributed by atoms with Crippen LogP contribution in [0, 0.1) is 5.82 Å². The summed E-state index contributed by atoms with van der Waals surface area (Å²) in [6.07, 6.45) is 1.30. The zero-order valence-electron chi connectivity index (χ0n) is 7.67. The van der Waals surface area contributed by atoms with E-state index in [4.69, 9.17) is 28.3 Å². The Labute approximate surface area is 99.4 Å². The molecule has 0 fully saturated rings. The van der Waals surface area contributed by atoms with Crippen LogP contribution in [0.1, 0.15) is 10.4 Å². The number of nitrogens with zero attached hydrogens (tertiary/aromatic N) is 1. The van der Waals surface area contributed by atoms with Gasteiger partial charge >= 0.3 is 5.97 Å². The fourth-order valence-electron chi connectivity index (χ4n) is 1.39. The summed E-state index contributed by atoms with van der Waals surface area (Å²) in [5, 5.41) is 8.47. The highest BCUT2D eigenvalue weighted by Crippen LogP contribution is 2.32. The van der Waals surface area contributed by atoms with Gasteiger partial charge in [0.15, 0.2) is 5.82 Å². The molecular weight excluding hydrogens is 256 g/mol. The number of carboxylic acids is 1. The average Bonchev–Trinajstić information content (AvgIpc) is 2.25. The van der Waals surface area contributed by atoms with Crippen LogP contribution in [0.5, 0.6) is 0 Å². The van der Waals surface area contributed by atoms with Crippen molar-refractivity contribution in [3.05, 3.63) is 39.8 Å². The number of carboxylic acid groups (broad SMARTS) is 1. The molecule has 16 heavy (non-hydrogen) atoms. The highest BCUT2D eigenvalue weighted by atomic mass is 35.5. The molecule has 0 bridgehead atoms. The molecule has 82 valence electrons. The smallest absolute Gasteiger partial charge is 0.336 e. The minimum absolute atomic E-state index is 0.0542. The van der Waals surface area contributed by atoms with Crippen LogP contribution in [-0.2, 0) is 0 Å². The second-order valence-corrected chi connectivity index (χ2v) is 3.83. The normalized spacial score (nSPS) is 10.7. The predicted molar refractivity (Wildman–Crippen MR) is 58.7 cm³/mol. The van der Waals surface area contributed by atoms with E-state index in [1.807, 2.05) is 0 Å². The number of fused-ring (bicyclic) bond motifs is 1. The van der Waals surface area contributed by atoms with Gasteiger partial charge in [-0.1, -0.05) is 23.2 Å². The third kappa shape index (κ3) is 1.60. The molecule has 0 saturated carbocycles. The first-order chi connectivity index (χ1) is 7.52. The van der Waals surface area contributed by atoms with Crippen molar-refractivity contribution in [2.75, 3.05) is 0 Å². The lowest BCUT2D eigenvalue weighted by molar-refractivity contribution is 0.0699. The molecule has 0 aliphatic carbocycles. The van der Waals surface area contributed by atoms with Crippen molar-refractivity contribution >= 4 is 40.1 Å². The molecule has 6 heteroatoms. The molecule has 1 N–H and O–H groups in total. The summed E-state index contributed by atoms with van der Waals surface area (Å²) in [4.78, 5) is 14.8. The van der Waals surface area contributed by atoms with E-state index in [1.54, 1.807) is 0 Å². The maximum atomic E-state index is 13.4. The van der Waals surface area contributed by atoms with Gasteiger partial charge in [0.2, 0.25) is 0 Å². The lowest BCUT2D eigenvalue weighted by Gasteiger charge is -2.05. The number of aromatic carboxylic acids is 1. The largest absolute Gasteiger partial charge is 0.478 e. The Bertz CT molecular complexity index is 601. The number of aromatic nitrogens is 1. The Kier molecular flexibility index (Phi) is 2.69. The number of hydrogen-bond acceptors (Lipinski definition) is 2. The number of halogens is 3. The van der Waals surface area contributed by atoms with Crippen LogP contribution < -0.4 is 0 Å². The molecule has 0 spiro atoms. The van der Waals surface area contributed by atoms with Gasteiger partial charge in [0.05, 0.1) is 21.1 Å². The van der Waals surface area contributed by atoms with Gasteiger partial charge in [-0.3, -0.25) is 4.98 Å².